The van der Waals surface area contributed by atoms with Crippen molar-refractivity contribution in [1.82, 2.24) is 5.32 Å². The van der Waals surface area contributed by atoms with Crippen LogP contribution in [0.25, 0.3) is 0 Å². The zero-order valence-corrected chi connectivity index (χ0v) is 15.0. The van der Waals surface area contributed by atoms with Crippen molar-refractivity contribution >= 4 is 11.6 Å². The monoisotopic (exact) mass is 344 g/mol. The first-order valence-electron chi connectivity index (χ1n) is 7.96. The fourth-order valence-electron chi connectivity index (χ4n) is 2.33. The summed E-state index contributed by atoms with van der Waals surface area (Å²) in [6, 6.07) is 12.6. The van der Waals surface area contributed by atoms with Crippen molar-refractivity contribution in [2.24, 2.45) is 0 Å². The van der Waals surface area contributed by atoms with Crippen molar-refractivity contribution in [2.75, 3.05) is 26.6 Å². The average molecular weight is 344 g/mol. The van der Waals surface area contributed by atoms with Crippen LogP contribution in [0.15, 0.2) is 42.5 Å². The molecule has 0 unspecified atom stereocenters. The highest BCUT2D eigenvalue weighted by Crippen LogP contribution is 2.29. The molecule has 134 valence electrons. The van der Waals surface area contributed by atoms with Gasteiger partial charge in [0.25, 0.3) is 0 Å². The Bertz CT molecular complexity index is 701. The molecule has 0 aliphatic carbocycles. The molecule has 0 saturated heterocycles. The predicted octanol–water partition coefficient (Wildman–Crippen LogP) is 2.83. The first kappa shape index (κ1) is 18.4. The first-order valence-corrected chi connectivity index (χ1v) is 7.96. The number of anilines is 1. The van der Waals surface area contributed by atoms with Gasteiger partial charge in [-0.3, -0.25) is 4.79 Å². The van der Waals surface area contributed by atoms with E-state index in [-0.39, 0.29) is 5.91 Å². The Kier molecular flexibility index (Phi) is 6.51. The number of benzene rings is 2. The van der Waals surface area contributed by atoms with Crippen LogP contribution in [-0.4, -0.2) is 33.3 Å². The summed E-state index contributed by atoms with van der Waals surface area (Å²) < 4.78 is 15.6. The molecule has 25 heavy (non-hydrogen) atoms. The minimum Gasteiger partial charge on any atom is -0.497 e. The fraction of sp³-hybridized carbons (Fsp3) is 0.316. The van der Waals surface area contributed by atoms with Crippen LogP contribution < -0.4 is 24.8 Å². The Morgan fingerprint density at radius 2 is 1.64 bits per heavy atom. The van der Waals surface area contributed by atoms with E-state index in [1.165, 1.54) is 0 Å². The second-order valence-electron chi connectivity index (χ2n) is 5.50. The Balaban J connectivity index is 1.91. The number of rotatable bonds is 8. The van der Waals surface area contributed by atoms with Crippen LogP contribution in [0.4, 0.5) is 5.69 Å². The minimum atomic E-state index is -0.392. The highest BCUT2D eigenvalue weighted by molar-refractivity contribution is 5.84. The quantitative estimate of drug-likeness (QED) is 0.771. The molecule has 0 spiro atoms. The van der Waals surface area contributed by atoms with E-state index in [1.54, 1.807) is 40.4 Å². The smallest absolute Gasteiger partial charge is 0.242 e. The molecule has 0 heterocycles. The molecule has 2 rings (SSSR count). The molecule has 0 bridgehead atoms. The molecular weight excluding hydrogens is 320 g/mol. The molecule has 6 nitrogen and oxygen atoms in total. The molecular formula is C19H24N2O4. The van der Waals surface area contributed by atoms with Gasteiger partial charge in [-0.1, -0.05) is 12.1 Å². The number of hydrogen-bond acceptors (Lipinski definition) is 5. The van der Waals surface area contributed by atoms with Gasteiger partial charge in [0.2, 0.25) is 5.91 Å². The number of methoxy groups -OCH3 is 3. The number of amides is 1. The second-order valence-corrected chi connectivity index (χ2v) is 5.50. The summed E-state index contributed by atoms with van der Waals surface area (Å²) in [5.74, 6) is 1.95. The third-order valence-corrected chi connectivity index (χ3v) is 3.79. The summed E-state index contributed by atoms with van der Waals surface area (Å²) in [4.78, 5) is 12.3. The predicted molar refractivity (Wildman–Crippen MR) is 97.5 cm³/mol. The summed E-state index contributed by atoms with van der Waals surface area (Å²) in [6.45, 7) is 2.26. The SMILES string of the molecule is COc1ccc(CNC(=O)[C@H](C)Nc2ccc(OC)c(OC)c2)cc1. The summed E-state index contributed by atoms with van der Waals surface area (Å²) in [5, 5.41) is 6.06. The lowest BCUT2D eigenvalue weighted by atomic mass is 10.2. The fourth-order valence-corrected chi connectivity index (χ4v) is 2.33. The molecule has 0 aliphatic heterocycles. The average Bonchev–Trinajstić information content (AvgIpc) is 2.66. The second kappa shape index (κ2) is 8.82. The van der Waals surface area contributed by atoms with Gasteiger partial charge in [0.1, 0.15) is 11.8 Å². The van der Waals surface area contributed by atoms with Crippen molar-refractivity contribution in [2.45, 2.75) is 19.5 Å². The largest absolute Gasteiger partial charge is 0.497 e. The number of nitrogens with one attached hydrogen (secondary N) is 2. The third-order valence-electron chi connectivity index (χ3n) is 3.79. The highest BCUT2D eigenvalue weighted by atomic mass is 16.5. The van der Waals surface area contributed by atoms with Gasteiger partial charge in [-0.25, -0.2) is 0 Å². The van der Waals surface area contributed by atoms with Gasteiger partial charge in [-0.15, -0.1) is 0 Å². The summed E-state index contributed by atoms with van der Waals surface area (Å²) >= 11 is 0. The maximum Gasteiger partial charge on any atom is 0.242 e. The third kappa shape index (κ3) is 5.04. The van der Waals surface area contributed by atoms with E-state index in [9.17, 15) is 4.79 Å². The Morgan fingerprint density at radius 3 is 2.24 bits per heavy atom. The van der Waals surface area contributed by atoms with E-state index in [4.69, 9.17) is 14.2 Å². The van der Waals surface area contributed by atoms with Crippen LogP contribution in [0.1, 0.15) is 12.5 Å². The lowest BCUT2D eigenvalue weighted by Crippen LogP contribution is -2.37. The van der Waals surface area contributed by atoms with Crippen molar-refractivity contribution in [3.8, 4) is 17.2 Å². The number of hydrogen-bond donors (Lipinski definition) is 2. The molecule has 1 atom stereocenters. The Morgan fingerprint density at radius 1 is 0.960 bits per heavy atom. The van der Waals surface area contributed by atoms with Crippen molar-refractivity contribution in [3.63, 3.8) is 0 Å². The van der Waals surface area contributed by atoms with E-state index in [0.29, 0.717) is 18.0 Å². The molecule has 0 fully saturated rings. The topological polar surface area (TPSA) is 68.8 Å². The van der Waals surface area contributed by atoms with Gasteiger partial charge in [0, 0.05) is 18.3 Å². The molecule has 2 aromatic rings. The zero-order valence-electron chi connectivity index (χ0n) is 15.0. The van der Waals surface area contributed by atoms with Crippen molar-refractivity contribution in [1.29, 1.82) is 0 Å². The summed E-state index contributed by atoms with van der Waals surface area (Å²) in [7, 11) is 4.78. The first-order chi connectivity index (χ1) is 12.1. The van der Waals surface area contributed by atoms with Gasteiger partial charge in [0.05, 0.1) is 21.3 Å². The van der Waals surface area contributed by atoms with E-state index >= 15 is 0 Å². The summed E-state index contributed by atoms with van der Waals surface area (Å²) in [5.41, 5.74) is 1.79. The van der Waals surface area contributed by atoms with Crippen LogP contribution in [0, 0.1) is 0 Å². The van der Waals surface area contributed by atoms with Crippen molar-refractivity contribution in [3.05, 3.63) is 48.0 Å². The van der Waals surface area contributed by atoms with Crippen LogP contribution in [0.5, 0.6) is 17.2 Å². The highest BCUT2D eigenvalue weighted by Gasteiger charge is 2.13. The standard InChI is InChI=1S/C19H24N2O4/c1-13(21-15-7-10-17(24-3)18(11-15)25-4)19(22)20-12-14-5-8-16(23-2)9-6-14/h5-11,13,21H,12H2,1-4H3,(H,20,22)/t13-/m0/s1. The number of carbonyl (C=O) groups is 1. The van der Waals surface area contributed by atoms with Gasteiger partial charge in [0.15, 0.2) is 11.5 Å². The lowest BCUT2D eigenvalue weighted by molar-refractivity contribution is -0.121. The molecule has 2 aromatic carbocycles. The zero-order chi connectivity index (χ0) is 18.2. The van der Waals surface area contributed by atoms with Crippen LogP contribution in [-0.2, 0) is 11.3 Å². The van der Waals surface area contributed by atoms with Gasteiger partial charge in [-0.2, -0.15) is 0 Å². The van der Waals surface area contributed by atoms with Gasteiger partial charge in [-0.05, 0) is 36.8 Å². The van der Waals surface area contributed by atoms with E-state index in [1.807, 2.05) is 30.3 Å². The Labute approximate surface area is 148 Å². The molecule has 0 saturated carbocycles. The lowest BCUT2D eigenvalue weighted by Gasteiger charge is -2.17. The molecule has 6 heteroatoms. The Hall–Kier alpha value is -2.89. The summed E-state index contributed by atoms with van der Waals surface area (Å²) in [6.07, 6.45) is 0. The van der Waals surface area contributed by atoms with Crippen LogP contribution in [0.3, 0.4) is 0 Å². The minimum absolute atomic E-state index is 0.0920. The maximum absolute atomic E-state index is 12.3. The van der Waals surface area contributed by atoms with E-state index in [0.717, 1.165) is 17.0 Å². The molecule has 1 amide bonds. The van der Waals surface area contributed by atoms with Crippen LogP contribution in [0.2, 0.25) is 0 Å². The number of ether oxygens (including phenoxy) is 3. The molecule has 0 radical (unpaired) electrons. The van der Waals surface area contributed by atoms with Crippen LogP contribution >= 0.6 is 0 Å². The molecule has 0 aliphatic rings. The van der Waals surface area contributed by atoms with Crippen molar-refractivity contribution < 1.29 is 19.0 Å². The molecule has 2 N–H and O–H groups in total. The van der Waals surface area contributed by atoms with Gasteiger partial charge < -0.3 is 24.8 Å². The van der Waals surface area contributed by atoms with E-state index in [2.05, 4.69) is 10.6 Å². The molecule has 0 aromatic heterocycles. The maximum atomic E-state index is 12.3. The van der Waals surface area contributed by atoms with Gasteiger partial charge >= 0.3 is 0 Å². The number of carbonyl (C=O) groups excluding carboxylic acids is 1. The normalized spacial score (nSPS) is 11.4. The van der Waals surface area contributed by atoms with E-state index < -0.39 is 6.04 Å².